The van der Waals surface area contributed by atoms with Gasteiger partial charge in [-0.05, 0) is 27.4 Å². The van der Waals surface area contributed by atoms with E-state index in [1.807, 2.05) is 54.9 Å². The second-order valence-electron chi connectivity index (χ2n) is 6.54. The first-order valence-electron chi connectivity index (χ1n) is 9.24. The summed E-state index contributed by atoms with van der Waals surface area (Å²) in [4.78, 5) is 0. The van der Waals surface area contributed by atoms with E-state index in [-0.39, 0.29) is 11.8 Å². The Morgan fingerprint density at radius 1 is 0.607 bits per heavy atom. The van der Waals surface area contributed by atoms with Gasteiger partial charge in [0.05, 0.1) is 5.90 Å². The Hall–Kier alpha value is -3.72. The van der Waals surface area contributed by atoms with Crippen molar-refractivity contribution in [1.29, 1.82) is 0 Å². The number of nitrogens with zero attached hydrogens (tertiary/aromatic N) is 2. The summed E-state index contributed by atoms with van der Waals surface area (Å²) in [6, 6.07) is 34.0. The van der Waals surface area contributed by atoms with Crippen LogP contribution in [0.5, 0.6) is 0 Å². The Bertz CT molecular complexity index is 1000. The quantitative estimate of drug-likeness (QED) is 0.302. The Kier molecular flexibility index (Phi) is 5.25. The molecule has 0 bridgehead atoms. The van der Waals surface area contributed by atoms with Crippen LogP contribution in [0.4, 0.5) is 0 Å². The summed E-state index contributed by atoms with van der Waals surface area (Å²) in [5.41, 5.74) is 4.18. The van der Waals surface area contributed by atoms with Gasteiger partial charge in [0.25, 0.3) is 0 Å². The van der Waals surface area contributed by atoms with E-state index in [1.165, 1.54) is 11.1 Å². The summed E-state index contributed by atoms with van der Waals surface area (Å²) in [5.74, 6) is -0.136. The first-order valence-corrected chi connectivity index (χ1v) is 9.24. The van der Waals surface area contributed by atoms with Crippen molar-refractivity contribution in [1.82, 2.24) is 0 Å². The van der Waals surface area contributed by atoms with Crippen molar-refractivity contribution in [2.45, 2.75) is 5.92 Å². The molecule has 0 spiro atoms. The highest BCUT2D eigenvalue weighted by atomic mass is 16.3. The van der Waals surface area contributed by atoms with Gasteiger partial charge in [0.1, 0.15) is 0 Å². The highest BCUT2D eigenvalue weighted by Gasteiger charge is 2.17. The maximum atomic E-state index is 12.3. The lowest BCUT2D eigenvalue weighted by Gasteiger charge is -2.18. The molecule has 0 aliphatic carbocycles. The summed E-state index contributed by atoms with van der Waals surface area (Å²) in [7, 11) is 0. The summed E-state index contributed by atoms with van der Waals surface area (Å²) in [6.45, 7) is 0. The van der Waals surface area contributed by atoms with E-state index in [4.69, 9.17) is 0 Å². The van der Waals surface area contributed by atoms with Gasteiger partial charge in [0.2, 0.25) is 12.4 Å². The highest BCUT2D eigenvalue weighted by Crippen LogP contribution is 2.31. The molecule has 0 aliphatic heterocycles. The second kappa shape index (κ2) is 8.31. The molecule has 0 aliphatic rings. The molecule has 4 aromatic rings. The Labute approximate surface area is 164 Å². The van der Waals surface area contributed by atoms with Gasteiger partial charge < -0.3 is 5.11 Å². The number of pyridine rings is 1. The van der Waals surface area contributed by atoms with E-state index < -0.39 is 0 Å². The smallest absolute Gasteiger partial charge is 0.202 e. The number of benzene rings is 3. The summed E-state index contributed by atoms with van der Waals surface area (Å²) in [6.07, 6.45) is 3.66. The van der Waals surface area contributed by atoms with Crippen LogP contribution in [-0.4, -0.2) is 5.90 Å². The first kappa shape index (κ1) is 17.7. The average molecular weight is 364 g/mol. The molecule has 3 aromatic carbocycles. The van der Waals surface area contributed by atoms with Crippen molar-refractivity contribution in [3.8, 4) is 0 Å². The van der Waals surface area contributed by atoms with E-state index in [0.29, 0.717) is 5.56 Å². The molecule has 0 N–H and O–H groups in total. The van der Waals surface area contributed by atoms with E-state index in [2.05, 4.69) is 53.6 Å². The van der Waals surface area contributed by atoms with E-state index in [0.717, 1.165) is 5.56 Å². The molecule has 0 atom stereocenters. The van der Waals surface area contributed by atoms with E-state index in [9.17, 15) is 5.11 Å². The zero-order valence-electron chi connectivity index (χ0n) is 15.3. The van der Waals surface area contributed by atoms with Gasteiger partial charge in [0.15, 0.2) is 0 Å². The van der Waals surface area contributed by atoms with Crippen molar-refractivity contribution >= 4 is 5.90 Å². The maximum Gasteiger partial charge on any atom is 0.202 e. The number of hydrogen-bond acceptors (Lipinski definition) is 2. The average Bonchev–Trinajstić information content (AvgIpc) is 2.77. The van der Waals surface area contributed by atoms with Crippen molar-refractivity contribution in [2.75, 3.05) is 0 Å². The molecule has 0 radical (unpaired) electrons. The fourth-order valence-electron chi connectivity index (χ4n) is 3.30. The minimum absolute atomic E-state index is 0.127. The summed E-state index contributed by atoms with van der Waals surface area (Å²) in [5, 5.41) is 16.4. The SMILES string of the molecule is [O-]/C(=N\[n+]1ccc(C(c2ccccc2)c2ccccc2)cc1)c1ccccc1. The molecule has 136 valence electrons. The van der Waals surface area contributed by atoms with Gasteiger partial charge in [-0.25, -0.2) is 0 Å². The van der Waals surface area contributed by atoms with Crippen LogP contribution in [0.2, 0.25) is 0 Å². The lowest BCUT2D eigenvalue weighted by molar-refractivity contribution is -0.681. The molecule has 3 nitrogen and oxygen atoms in total. The van der Waals surface area contributed by atoms with Crippen molar-refractivity contribution in [2.24, 2.45) is 5.10 Å². The predicted octanol–water partition coefficient (Wildman–Crippen LogP) is 3.72. The van der Waals surface area contributed by atoms with E-state index in [1.54, 1.807) is 16.8 Å². The lowest BCUT2D eigenvalue weighted by atomic mass is 9.86. The Balaban J connectivity index is 1.67. The highest BCUT2D eigenvalue weighted by molar-refractivity contribution is 5.89. The van der Waals surface area contributed by atoms with Gasteiger partial charge in [-0.1, -0.05) is 95.7 Å². The van der Waals surface area contributed by atoms with Gasteiger partial charge in [-0.2, -0.15) is 0 Å². The molecule has 0 fully saturated rings. The minimum Gasteiger partial charge on any atom is -0.854 e. The molecule has 28 heavy (non-hydrogen) atoms. The van der Waals surface area contributed by atoms with Gasteiger partial charge in [-0.15, -0.1) is 0 Å². The largest absolute Gasteiger partial charge is 0.854 e. The standard InChI is InChI=1S/C25H20N2O/c28-25(23-14-8-3-9-15-23)26-27-18-16-22(17-19-27)24(20-10-4-1-5-11-20)21-12-6-2-7-13-21/h1-19,24H. The van der Waals surface area contributed by atoms with Crippen molar-refractivity contribution in [3.05, 3.63) is 138 Å². The maximum absolute atomic E-state index is 12.3. The van der Waals surface area contributed by atoms with Crippen molar-refractivity contribution in [3.63, 3.8) is 0 Å². The molecular weight excluding hydrogens is 344 g/mol. The monoisotopic (exact) mass is 364 g/mol. The second-order valence-corrected chi connectivity index (χ2v) is 6.54. The van der Waals surface area contributed by atoms with Gasteiger partial charge in [0, 0.05) is 18.1 Å². The molecular formula is C25H20N2O. The third kappa shape index (κ3) is 3.99. The summed E-state index contributed by atoms with van der Waals surface area (Å²) >= 11 is 0. The Morgan fingerprint density at radius 3 is 1.54 bits per heavy atom. The molecule has 1 heterocycles. The molecule has 0 saturated carbocycles. The minimum atomic E-state index is -0.263. The summed E-state index contributed by atoms with van der Waals surface area (Å²) < 4.78 is 1.56. The number of hydrogen-bond donors (Lipinski definition) is 0. The zero-order chi connectivity index (χ0) is 19.2. The molecule has 0 saturated heterocycles. The van der Waals surface area contributed by atoms with Gasteiger partial charge in [-0.3, -0.25) is 0 Å². The van der Waals surface area contributed by atoms with Crippen LogP contribution < -0.4 is 9.78 Å². The third-order valence-electron chi connectivity index (χ3n) is 4.67. The van der Waals surface area contributed by atoms with Gasteiger partial charge >= 0.3 is 0 Å². The normalized spacial score (nSPS) is 11.5. The first-order chi connectivity index (χ1) is 13.8. The van der Waals surface area contributed by atoms with Crippen LogP contribution in [0, 0.1) is 0 Å². The van der Waals surface area contributed by atoms with Crippen LogP contribution in [0.25, 0.3) is 0 Å². The van der Waals surface area contributed by atoms with Crippen molar-refractivity contribution < 1.29 is 9.78 Å². The van der Waals surface area contributed by atoms with E-state index >= 15 is 0 Å². The van der Waals surface area contributed by atoms with Crippen LogP contribution >= 0.6 is 0 Å². The van der Waals surface area contributed by atoms with Crippen LogP contribution in [0.15, 0.2) is 121 Å². The zero-order valence-corrected chi connectivity index (χ0v) is 15.3. The molecule has 3 heteroatoms. The number of aromatic nitrogens is 1. The molecule has 1 aromatic heterocycles. The fourth-order valence-corrected chi connectivity index (χ4v) is 3.30. The van der Waals surface area contributed by atoms with Crippen LogP contribution in [-0.2, 0) is 0 Å². The van der Waals surface area contributed by atoms with Crippen LogP contribution in [0.3, 0.4) is 0 Å². The number of rotatable bonds is 5. The van der Waals surface area contributed by atoms with Crippen LogP contribution in [0.1, 0.15) is 28.2 Å². The molecule has 0 amide bonds. The predicted molar refractivity (Wildman–Crippen MR) is 109 cm³/mol. The topological polar surface area (TPSA) is 39.3 Å². The molecule has 4 rings (SSSR count). The molecule has 0 unspecified atom stereocenters. The Morgan fingerprint density at radius 2 is 1.04 bits per heavy atom. The third-order valence-corrected chi connectivity index (χ3v) is 4.67. The fraction of sp³-hybridized carbons (Fsp3) is 0.0400. The lowest BCUT2D eigenvalue weighted by Crippen LogP contribution is -2.33.